The van der Waals surface area contributed by atoms with Gasteiger partial charge in [-0.05, 0) is 30.9 Å². The number of hydrogen-bond acceptors (Lipinski definition) is 3. The zero-order valence-corrected chi connectivity index (χ0v) is 12.4. The lowest BCUT2D eigenvalue weighted by Crippen LogP contribution is -2.51. The molecule has 0 aromatic heterocycles. The molecule has 1 amide bonds. The van der Waals surface area contributed by atoms with Gasteiger partial charge in [-0.15, -0.1) is 0 Å². The molecular weight excluding hydrogens is 250 g/mol. The maximum Gasteiger partial charge on any atom is 0.236 e. The third kappa shape index (κ3) is 3.73. The fraction of sp³-hybridized carbons (Fsp3) is 0.562. The van der Waals surface area contributed by atoms with Gasteiger partial charge in [0.25, 0.3) is 0 Å². The number of nitrogens with one attached hydrogen (secondary N) is 1. The molecule has 0 spiro atoms. The van der Waals surface area contributed by atoms with Crippen LogP contribution in [-0.4, -0.2) is 31.1 Å². The van der Waals surface area contributed by atoms with E-state index in [9.17, 15) is 4.79 Å². The maximum atomic E-state index is 11.6. The number of para-hydroxylation sites is 1. The number of anilines is 1. The first-order valence-electron chi connectivity index (χ1n) is 7.46. The molecule has 1 atom stereocenters. The topological polar surface area (TPSA) is 58.4 Å². The lowest BCUT2D eigenvalue weighted by atomic mass is 10.1. The number of aryl methyl sites for hydroxylation is 1. The Morgan fingerprint density at radius 3 is 2.80 bits per heavy atom. The summed E-state index contributed by atoms with van der Waals surface area (Å²) in [5.74, 6) is -0.277. The van der Waals surface area contributed by atoms with Gasteiger partial charge in [-0.25, -0.2) is 0 Å². The van der Waals surface area contributed by atoms with Crippen LogP contribution < -0.4 is 16.0 Å². The highest BCUT2D eigenvalue weighted by atomic mass is 16.1. The number of nitrogens with zero attached hydrogens (tertiary/aromatic N) is 1. The number of hydrogen-bond donors (Lipinski definition) is 2. The molecule has 1 aromatic rings. The molecule has 1 aliphatic heterocycles. The number of benzene rings is 1. The number of primary amides is 1. The van der Waals surface area contributed by atoms with E-state index in [4.69, 9.17) is 5.73 Å². The van der Waals surface area contributed by atoms with E-state index in [0.29, 0.717) is 6.54 Å². The molecule has 0 saturated carbocycles. The number of rotatable bonds is 5. The summed E-state index contributed by atoms with van der Waals surface area (Å²) in [5, 5.41) is 3.26. The van der Waals surface area contributed by atoms with Gasteiger partial charge in [0.1, 0.15) is 6.04 Å². The van der Waals surface area contributed by atoms with Crippen molar-refractivity contribution < 1.29 is 4.79 Å². The summed E-state index contributed by atoms with van der Waals surface area (Å²) in [6.45, 7) is 5.70. The lowest BCUT2D eigenvalue weighted by molar-refractivity contribution is -0.119. The molecular formula is C16H25N3O. The van der Waals surface area contributed by atoms with Crippen molar-refractivity contribution in [2.45, 2.75) is 45.2 Å². The highest BCUT2D eigenvalue weighted by Crippen LogP contribution is 2.26. The molecule has 110 valence electrons. The molecule has 2 rings (SSSR count). The first kappa shape index (κ1) is 14.9. The van der Waals surface area contributed by atoms with Gasteiger partial charge >= 0.3 is 0 Å². The van der Waals surface area contributed by atoms with Crippen LogP contribution in [0, 0.1) is 0 Å². The van der Waals surface area contributed by atoms with Crippen LogP contribution in [0.5, 0.6) is 0 Å². The molecule has 0 aliphatic carbocycles. The largest absolute Gasteiger partial charge is 0.369 e. The third-order valence-corrected chi connectivity index (χ3v) is 3.74. The van der Waals surface area contributed by atoms with Crippen LogP contribution in [0.25, 0.3) is 0 Å². The summed E-state index contributed by atoms with van der Waals surface area (Å²) in [7, 11) is 0. The second-order valence-corrected chi connectivity index (χ2v) is 5.81. The van der Waals surface area contributed by atoms with Crippen molar-refractivity contribution in [2.24, 2.45) is 5.73 Å². The molecule has 4 nitrogen and oxygen atoms in total. The van der Waals surface area contributed by atoms with E-state index in [1.165, 1.54) is 17.7 Å². The SMILES string of the molecule is CC(C)NC(CN1CCCCc2ccccc21)C(N)=O. The Bertz CT molecular complexity index is 459. The smallest absolute Gasteiger partial charge is 0.236 e. The summed E-state index contributed by atoms with van der Waals surface area (Å²) in [6.07, 6.45) is 3.47. The summed E-state index contributed by atoms with van der Waals surface area (Å²) < 4.78 is 0. The van der Waals surface area contributed by atoms with Crippen molar-refractivity contribution in [1.82, 2.24) is 5.32 Å². The minimum atomic E-state index is -0.304. The van der Waals surface area contributed by atoms with Gasteiger partial charge in [-0.3, -0.25) is 4.79 Å². The number of fused-ring (bicyclic) bond motifs is 1. The summed E-state index contributed by atoms with van der Waals surface area (Å²) in [5.41, 5.74) is 8.16. The average molecular weight is 275 g/mol. The quantitative estimate of drug-likeness (QED) is 0.859. The maximum absolute atomic E-state index is 11.6. The Morgan fingerprint density at radius 2 is 2.10 bits per heavy atom. The summed E-state index contributed by atoms with van der Waals surface area (Å²) in [6, 6.07) is 8.42. The standard InChI is InChI=1S/C16H25N3O/c1-12(2)18-14(16(17)20)11-19-10-6-5-8-13-7-3-4-9-15(13)19/h3-4,7,9,12,14,18H,5-6,8,10-11H2,1-2H3,(H2,17,20). The fourth-order valence-electron chi connectivity index (χ4n) is 2.81. The molecule has 1 heterocycles. The molecule has 3 N–H and O–H groups in total. The van der Waals surface area contributed by atoms with Crippen molar-refractivity contribution in [3.63, 3.8) is 0 Å². The van der Waals surface area contributed by atoms with E-state index in [1.807, 2.05) is 13.8 Å². The highest BCUT2D eigenvalue weighted by Gasteiger charge is 2.22. The first-order chi connectivity index (χ1) is 9.58. The van der Waals surface area contributed by atoms with Gasteiger partial charge in [-0.2, -0.15) is 0 Å². The van der Waals surface area contributed by atoms with E-state index in [-0.39, 0.29) is 18.0 Å². The highest BCUT2D eigenvalue weighted by molar-refractivity contribution is 5.80. The monoisotopic (exact) mass is 275 g/mol. The molecule has 0 bridgehead atoms. The zero-order chi connectivity index (χ0) is 14.5. The van der Waals surface area contributed by atoms with E-state index in [2.05, 4.69) is 34.5 Å². The van der Waals surface area contributed by atoms with Crippen LogP contribution in [0.1, 0.15) is 32.3 Å². The molecule has 1 aliphatic rings. The molecule has 0 fully saturated rings. The Labute approximate surface area is 121 Å². The van der Waals surface area contributed by atoms with Gasteiger partial charge in [0.15, 0.2) is 0 Å². The van der Waals surface area contributed by atoms with Crippen LogP contribution in [-0.2, 0) is 11.2 Å². The number of carbonyl (C=O) groups excluding carboxylic acids is 1. The van der Waals surface area contributed by atoms with E-state index in [1.54, 1.807) is 0 Å². The Kier molecular flexibility index (Phi) is 5.01. The van der Waals surface area contributed by atoms with Crippen LogP contribution in [0.15, 0.2) is 24.3 Å². The minimum absolute atomic E-state index is 0.245. The minimum Gasteiger partial charge on any atom is -0.369 e. The van der Waals surface area contributed by atoms with Gasteiger partial charge in [0, 0.05) is 24.8 Å². The molecule has 0 saturated heterocycles. The Hall–Kier alpha value is -1.55. The van der Waals surface area contributed by atoms with Crippen molar-refractivity contribution >= 4 is 11.6 Å². The van der Waals surface area contributed by atoms with Crippen molar-refractivity contribution in [3.8, 4) is 0 Å². The van der Waals surface area contributed by atoms with Crippen molar-refractivity contribution in [3.05, 3.63) is 29.8 Å². The molecule has 4 heteroatoms. The second-order valence-electron chi connectivity index (χ2n) is 5.81. The van der Waals surface area contributed by atoms with Crippen LogP contribution >= 0.6 is 0 Å². The van der Waals surface area contributed by atoms with Crippen LogP contribution in [0.2, 0.25) is 0 Å². The second kappa shape index (κ2) is 6.75. The molecule has 0 radical (unpaired) electrons. The number of amides is 1. The average Bonchev–Trinajstić information content (AvgIpc) is 2.60. The summed E-state index contributed by atoms with van der Waals surface area (Å²) >= 11 is 0. The van der Waals surface area contributed by atoms with Gasteiger partial charge in [0.05, 0.1) is 0 Å². The molecule has 1 unspecified atom stereocenters. The van der Waals surface area contributed by atoms with Gasteiger partial charge in [0.2, 0.25) is 5.91 Å². The lowest BCUT2D eigenvalue weighted by Gasteiger charge is -2.29. The van der Waals surface area contributed by atoms with Gasteiger partial charge < -0.3 is 16.0 Å². The van der Waals surface area contributed by atoms with Crippen LogP contribution in [0.3, 0.4) is 0 Å². The van der Waals surface area contributed by atoms with Crippen molar-refractivity contribution in [2.75, 3.05) is 18.0 Å². The predicted octanol–water partition coefficient (Wildman–Crippen LogP) is 1.68. The Balaban J connectivity index is 2.16. The predicted molar refractivity (Wildman–Crippen MR) is 82.8 cm³/mol. The first-order valence-corrected chi connectivity index (χ1v) is 7.46. The summed E-state index contributed by atoms with van der Waals surface area (Å²) in [4.78, 5) is 13.9. The van der Waals surface area contributed by atoms with E-state index < -0.39 is 0 Å². The van der Waals surface area contributed by atoms with Crippen LogP contribution in [0.4, 0.5) is 5.69 Å². The van der Waals surface area contributed by atoms with Crippen molar-refractivity contribution in [1.29, 1.82) is 0 Å². The zero-order valence-electron chi connectivity index (χ0n) is 12.4. The van der Waals surface area contributed by atoms with Gasteiger partial charge in [-0.1, -0.05) is 32.0 Å². The number of carbonyl (C=O) groups is 1. The Morgan fingerprint density at radius 1 is 1.35 bits per heavy atom. The fourth-order valence-corrected chi connectivity index (χ4v) is 2.81. The molecule has 20 heavy (non-hydrogen) atoms. The normalized spacial score (nSPS) is 16.6. The third-order valence-electron chi connectivity index (χ3n) is 3.74. The number of nitrogens with two attached hydrogens (primary N) is 1. The van der Waals surface area contributed by atoms with E-state index >= 15 is 0 Å². The molecule has 1 aromatic carbocycles. The van der Waals surface area contributed by atoms with E-state index in [0.717, 1.165) is 19.4 Å².